The first kappa shape index (κ1) is 10.4. The first-order chi connectivity index (χ1) is 6.84. The van der Waals surface area contributed by atoms with Crippen molar-refractivity contribution in [2.45, 2.75) is 45.1 Å². The molecule has 0 aromatic carbocycles. The van der Waals surface area contributed by atoms with E-state index in [-0.39, 0.29) is 0 Å². The third-order valence-electron chi connectivity index (χ3n) is 3.42. The van der Waals surface area contributed by atoms with Crippen molar-refractivity contribution in [1.29, 1.82) is 0 Å². The van der Waals surface area contributed by atoms with E-state index in [0.29, 0.717) is 0 Å². The standard InChI is InChI=1S/C12H23NO/c1-10-2-5-12(8-10)13-6-7-14-9-11-3-4-11/h10-13H,2-9H2,1H3. The van der Waals surface area contributed by atoms with Crippen molar-refractivity contribution in [3.8, 4) is 0 Å². The molecule has 2 nitrogen and oxygen atoms in total. The van der Waals surface area contributed by atoms with Crippen LogP contribution < -0.4 is 5.32 Å². The zero-order valence-corrected chi connectivity index (χ0v) is 9.30. The van der Waals surface area contributed by atoms with Crippen LogP contribution in [0.1, 0.15) is 39.0 Å². The maximum Gasteiger partial charge on any atom is 0.0591 e. The van der Waals surface area contributed by atoms with Crippen LogP contribution in [0, 0.1) is 11.8 Å². The molecule has 0 aromatic heterocycles. The van der Waals surface area contributed by atoms with Crippen LogP contribution in [0.3, 0.4) is 0 Å². The molecule has 0 bridgehead atoms. The fourth-order valence-electron chi connectivity index (χ4n) is 2.26. The lowest BCUT2D eigenvalue weighted by Gasteiger charge is -2.12. The number of rotatable bonds is 6. The van der Waals surface area contributed by atoms with Gasteiger partial charge >= 0.3 is 0 Å². The number of nitrogens with one attached hydrogen (secondary N) is 1. The Balaban J connectivity index is 1.42. The van der Waals surface area contributed by atoms with Gasteiger partial charge in [-0.2, -0.15) is 0 Å². The maximum atomic E-state index is 5.58. The largest absolute Gasteiger partial charge is 0.380 e. The topological polar surface area (TPSA) is 21.3 Å². The van der Waals surface area contributed by atoms with Gasteiger partial charge in [0.15, 0.2) is 0 Å². The second-order valence-electron chi connectivity index (χ2n) is 5.09. The molecule has 0 amide bonds. The van der Waals surface area contributed by atoms with E-state index in [9.17, 15) is 0 Å². The van der Waals surface area contributed by atoms with E-state index in [1.54, 1.807) is 0 Å². The fourth-order valence-corrected chi connectivity index (χ4v) is 2.26. The Morgan fingerprint density at radius 1 is 1.21 bits per heavy atom. The minimum Gasteiger partial charge on any atom is -0.380 e. The molecule has 82 valence electrons. The molecule has 2 unspecified atom stereocenters. The Morgan fingerprint density at radius 2 is 2.07 bits per heavy atom. The van der Waals surface area contributed by atoms with Crippen LogP contribution in [0.2, 0.25) is 0 Å². The van der Waals surface area contributed by atoms with Crippen molar-refractivity contribution < 1.29 is 4.74 Å². The highest BCUT2D eigenvalue weighted by atomic mass is 16.5. The van der Waals surface area contributed by atoms with Gasteiger partial charge in [0.05, 0.1) is 6.61 Å². The van der Waals surface area contributed by atoms with Crippen LogP contribution in [0.4, 0.5) is 0 Å². The van der Waals surface area contributed by atoms with Crippen LogP contribution in [-0.4, -0.2) is 25.8 Å². The molecule has 1 N–H and O–H groups in total. The fraction of sp³-hybridized carbons (Fsp3) is 1.00. The lowest BCUT2D eigenvalue weighted by atomic mass is 10.1. The van der Waals surface area contributed by atoms with Gasteiger partial charge in [0.1, 0.15) is 0 Å². The highest BCUT2D eigenvalue weighted by molar-refractivity contribution is 4.78. The minimum absolute atomic E-state index is 0.773. The normalized spacial score (nSPS) is 32.4. The number of hydrogen-bond donors (Lipinski definition) is 1. The molecule has 2 rings (SSSR count). The molecule has 2 aliphatic rings. The Kier molecular flexibility index (Phi) is 3.82. The number of hydrogen-bond acceptors (Lipinski definition) is 2. The van der Waals surface area contributed by atoms with Gasteiger partial charge in [-0.05, 0) is 43.9 Å². The summed E-state index contributed by atoms with van der Waals surface area (Å²) < 4.78 is 5.58. The van der Waals surface area contributed by atoms with Gasteiger partial charge in [-0.1, -0.05) is 6.92 Å². The molecule has 2 atom stereocenters. The Morgan fingerprint density at radius 3 is 2.71 bits per heavy atom. The molecule has 2 heteroatoms. The second-order valence-corrected chi connectivity index (χ2v) is 5.09. The average Bonchev–Trinajstić information content (AvgIpc) is 2.89. The average molecular weight is 197 g/mol. The molecule has 0 heterocycles. The van der Waals surface area contributed by atoms with Crippen LogP contribution in [-0.2, 0) is 4.74 Å². The highest BCUT2D eigenvalue weighted by Crippen LogP contribution is 2.28. The van der Waals surface area contributed by atoms with Gasteiger partial charge in [0.2, 0.25) is 0 Å². The zero-order chi connectivity index (χ0) is 9.80. The molecule has 2 fully saturated rings. The van der Waals surface area contributed by atoms with Crippen LogP contribution in [0.25, 0.3) is 0 Å². The van der Waals surface area contributed by atoms with Crippen LogP contribution in [0.5, 0.6) is 0 Å². The summed E-state index contributed by atoms with van der Waals surface area (Å²) in [5, 5.41) is 3.58. The van der Waals surface area contributed by atoms with Crippen molar-refractivity contribution in [3.63, 3.8) is 0 Å². The monoisotopic (exact) mass is 197 g/mol. The summed E-state index contributed by atoms with van der Waals surface area (Å²) in [5.74, 6) is 1.83. The molecule has 0 spiro atoms. The summed E-state index contributed by atoms with van der Waals surface area (Å²) in [7, 11) is 0. The summed E-state index contributed by atoms with van der Waals surface area (Å²) in [6.45, 7) is 5.31. The molecule has 2 saturated carbocycles. The quantitative estimate of drug-likeness (QED) is 0.659. The Bertz CT molecular complexity index is 168. The molecule has 0 aliphatic heterocycles. The summed E-state index contributed by atoms with van der Waals surface area (Å²) in [4.78, 5) is 0. The highest BCUT2D eigenvalue weighted by Gasteiger charge is 2.22. The van der Waals surface area contributed by atoms with Crippen LogP contribution >= 0.6 is 0 Å². The summed E-state index contributed by atoms with van der Waals surface area (Å²) in [5.41, 5.74) is 0. The van der Waals surface area contributed by atoms with Gasteiger partial charge in [-0.15, -0.1) is 0 Å². The lowest BCUT2D eigenvalue weighted by Crippen LogP contribution is -2.29. The SMILES string of the molecule is CC1CCC(NCCOCC2CC2)C1. The summed E-state index contributed by atoms with van der Waals surface area (Å²) in [6.07, 6.45) is 6.92. The van der Waals surface area contributed by atoms with E-state index in [2.05, 4.69) is 12.2 Å². The second kappa shape index (κ2) is 5.13. The Labute approximate surface area is 87.4 Å². The molecule has 2 aliphatic carbocycles. The minimum atomic E-state index is 0.773. The molecule has 14 heavy (non-hydrogen) atoms. The van der Waals surface area contributed by atoms with Gasteiger partial charge in [-0.25, -0.2) is 0 Å². The predicted octanol–water partition coefficient (Wildman–Crippen LogP) is 2.19. The smallest absolute Gasteiger partial charge is 0.0591 e. The molecular weight excluding hydrogens is 174 g/mol. The zero-order valence-electron chi connectivity index (χ0n) is 9.30. The first-order valence-electron chi connectivity index (χ1n) is 6.15. The third kappa shape index (κ3) is 3.58. The molecular formula is C12H23NO. The predicted molar refractivity (Wildman–Crippen MR) is 58.3 cm³/mol. The van der Waals surface area contributed by atoms with E-state index in [0.717, 1.165) is 37.6 Å². The van der Waals surface area contributed by atoms with Gasteiger partial charge < -0.3 is 10.1 Å². The maximum absolute atomic E-state index is 5.58. The van der Waals surface area contributed by atoms with Crippen LogP contribution in [0.15, 0.2) is 0 Å². The van der Waals surface area contributed by atoms with Gasteiger partial charge in [-0.3, -0.25) is 0 Å². The van der Waals surface area contributed by atoms with Gasteiger partial charge in [0.25, 0.3) is 0 Å². The van der Waals surface area contributed by atoms with E-state index in [1.165, 1.54) is 32.1 Å². The van der Waals surface area contributed by atoms with Crippen molar-refractivity contribution in [2.75, 3.05) is 19.8 Å². The van der Waals surface area contributed by atoms with Crippen molar-refractivity contribution in [3.05, 3.63) is 0 Å². The molecule has 0 aromatic rings. The van der Waals surface area contributed by atoms with E-state index < -0.39 is 0 Å². The van der Waals surface area contributed by atoms with E-state index in [4.69, 9.17) is 4.74 Å². The third-order valence-corrected chi connectivity index (χ3v) is 3.42. The Hall–Kier alpha value is -0.0800. The summed E-state index contributed by atoms with van der Waals surface area (Å²) >= 11 is 0. The van der Waals surface area contributed by atoms with Gasteiger partial charge in [0, 0.05) is 19.2 Å². The molecule has 0 saturated heterocycles. The van der Waals surface area contributed by atoms with Crippen molar-refractivity contribution >= 4 is 0 Å². The van der Waals surface area contributed by atoms with Crippen molar-refractivity contribution in [1.82, 2.24) is 5.32 Å². The van der Waals surface area contributed by atoms with E-state index >= 15 is 0 Å². The van der Waals surface area contributed by atoms with E-state index in [1.807, 2.05) is 0 Å². The first-order valence-corrected chi connectivity index (χ1v) is 6.15. The van der Waals surface area contributed by atoms with Crippen molar-refractivity contribution in [2.24, 2.45) is 11.8 Å². The number of ether oxygens (including phenoxy) is 1. The molecule has 0 radical (unpaired) electrons. The lowest BCUT2D eigenvalue weighted by molar-refractivity contribution is 0.124. The summed E-state index contributed by atoms with van der Waals surface area (Å²) in [6, 6.07) is 0.773.